The molecule has 1 atom stereocenters. The van der Waals surface area contributed by atoms with Crippen molar-refractivity contribution in [2.45, 2.75) is 58.4 Å². The Balaban J connectivity index is 1.49. The van der Waals surface area contributed by atoms with E-state index < -0.39 is 11.9 Å². The molecule has 2 aromatic carbocycles. The van der Waals surface area contributed by atoms with Crippen LogP contribution < -0.4 is 9.47 Å². The number of ether oxygens (including phenoxy) is 2. The fourth-order valence-electron chi connectivity index (χ4n) is 6.05. The molecule has 4 aromatic rings. The Kier molecular flexibility index (Phi) is 7.20. The molecule has 2 aliphatic heterocycles. The number of methoxy groups -OCH3 is 1. The molecule has 2 aromatic heterocycles. The molecule has 0 spiro atoms. The van der Waals surface area contributed by atoms with Gasteiger partial charge in [-0.2, -0.15) is 18.3 Å². The van der Waals surface area contributed by atoms with Crippen molar-refractivity contribution < 1.29 is 27.4 Å². The van der Waals surface area contributed by atoms with Crippen LogP contribution in [-0.2, 0) is 25.7 Å². The third-order valence-corrected chi connectivity index (χ3v) is 8.16. The summed E-state index contributed by atoms with van der Waals surface area (Å²) in [6.45, 7) is 5.16. The van der Waals surface area contributed by atoms with Gasteiger partial charge in [0.05, 0.1) is 19.8 Å². The number of hydrogen-bond donors (Lipinski definition) is 0. The zero-order chi connectivity index (χ0) is 29.6. The lowest BCUT2D eigenvalue weighted by Gasteiger charge is -2.36. The van der Waals surface area contributed by atoms with Crippen LogP contribution in [0.25, 0.3) is 11.1 Å². The Bertz CT molecular complexity index is 1640. The van der Waals surface area contributed by atoms with Crippen LogP contribution in [0.1, 0.15) is 64.4 Å². The lowest BCUT2D eigenvalue weighted by Crippen LogP contribution is -2.40. The molecule has 0 unspecified atom stereocenters. The molecule has 0 N–H and O–H groups in total. The molecule has 0 aliphatic carbocycles. The molecule has 1 amide bonds. The largest absolute Gasteiger partial charge is 0.497 e. The molecule has 4 heterocycles. The molecule has 220 valence electrons. The molecule has 0 radical (unpaired) electrons. The first-order chi connectivity index (χ1) is 20.2. The molecule has 0 saturated heterocycles. The molecule has 42 heavy (non-hydrogen) atoms. The summed E-state index contributed by atoms with van der Waals surface area (Å²) in [4.78, 5) is 20.4. The zero-order valence-corrected chi connectivity index (χ0v) is 23.7. The van der Waals surface area contributed by atoms with Crippen molar-refractivity contribution in [2.24, 2.45) is 0 Å². The van der Waals surface area contributed by atoms with E-state index in [4.69, 9.17) is 9.47 Å². The number of fused-ring (bicyclic) bond motifs is 2. The van der Waals surface area contributed by atoms with Gasteiger partial charge >= 0.3 is 6.18 Å². The molecule has 0 bridgehead atoms. The summed E-state index contributed by atoms with van der Waals surface area (Å²) in [6, 6.07) is 8.95. The van der Waals surface area contributed by atoms with Crippen molar-refractivity contribution in [3.05, 3.63) is 82.7 Å². The first-order valence-corrected chi connectivity index (χ1v) is 14.1. The van der Waals surface area contributed by atoms with E-state index in [0.717, 1.165) is 17.8 Å². The third kappa shape index (κ3) is 5.01. The number of amides is 1. The van der Waals surface area contributed by atoms with E-state index in [0.29, 0.717) is 72.8 Å². The highest BCUT2D eigenvalue weighted by molar-refractivity contribution is 5.99. The Morgan fingerprint density at radius 1 is 1.14 bits per heavy atom. The number of imidazole rings is 1. The van der Waals surface area contributed by atoms with Crippen LogP contribution in [-0.4, -0.2) is 50.4 Å². The quantitative estimate of drug-likeness (QED) is 0.278. The van der Waals surface area contributed by atoms with E-state index in [-0.39, 0.29) is 17.5 Å². The predicted molar refractivity (Wildman–Crippen MR) is 150 cm³/mol. The minimum Gasteiger partial charge on any atom is -0.497 e. The number of hydrogen-bond acceptors (Lipinski definition) is 5. The average molecular weight is 580 g/mol. The van der Waals surface area contributed by atoms with Crippen molar-refractivity contribution in [3.63, 3.8) is 0 Å². The van der Waals surface area contributed by atoms with E-state index in [2.05, 4.69) is 10.1 Å². The van der Waals surface area contributed by atoms with E-state index in [1.54, 1.807) is 26.3 Å². The third-order valence-electron chi connectivity index (χ3n) is 8.16. The number of carbonyl (C=O) groups is 1. The lowest BCUT2D eigenvalue weighted by molar-refractivity contribution is -0.141. The Morgan fingerprint density at radius 3 is 2.67 bits per heavy atom. The molecule has 8 nitrogen and oxygen atoms in total. The fourth-order valence-corrected chi connectivity index (χ4v) is 6.05. The minimum atomic E-state index is -4.65. The normalized spacial score (nSPS) is 17.0. The molecule has 6 rings (SSSR count). The van der Waals surface area contributed by atoms with Crippen LogP contribution in [0.3, 0.4) is 0 Å². The van der Waals surface area contributed by atoms with Crippen molar-refractivity contribution in [1.82, 2.24) is 24.2 Å². The highest BCUT2D eigenvalue weighted by atomic mass is 19.4. The van der Waals surface area contributed by atoms with Crippen molar-refractivity contribution >= 4 is 5.91 Å². The average Bonchev–Trinajstić information content (AvgIpc) is 3.54. The number of alkyl halides is 3. The highest BCUT2D eigenvalue weighted by Crippen LogP contribution is 2.43. The fraction of sp³-hybridized carbons (Fsp3) is 0.387. The van der Waals surface area contributed by atoms with E-state index in [1.165, 1.54) is 10.9 Å². The number of rotatable bonds is 6. The summed E-state index contributed by atoms with van der Waals surface area (Å²) in [6.07, 6.45) is 2.15. The maximum Gasteiger partial charge on any atom is 0.435 e. The molecular formula is C31H32F3N5O3. The second-order valence-corrected chi connectivity index (χ2v) is 10.7. The van der Waals surface area contributed by atoms with Crippen LogP contribution in [0, 0.1) is 6.92 Å². The van der Waals surface area contributed by atoms with E-state index in [9.17, 15) is 18.0 Å². The Labute approximate surface area is 241 Å². The smallest absolute Gasteiger partial charge is 0.435 e. The van der Waals surface area contributed by atoms with E-state index in [1.807, 2.05) is 46.9 Å². The van der Waals surface area contributed by atoms with Gasteiger partial charge in [-0.25, -0.2) is 4.98 Å². The summed E-state index contributed by atoms with van der Waals surface area (Å²) < 4.78 is 57.3. The SMILES string of the molecule is CCn1cc(-c2cc(Cn3ccnc3C)cc3c2CCN([C@H]2CCCOc4ccc(OC)cc42)C3=O)c(C(F)(F)F)n1. The van der Waals surface area contributed by atoms with Gasteiger partial charge in [-0.15, -0.1) is 0 Å². The second-order valence-electron chi connectivity index (χ2n) is 10.7. The highest BCUT2D eigenvalue weighted by Gasteiger charge is 2.40. The van der Waals surface area contributed by atoms with Crippen LogP contribution >= 0.6 is 0 Å². The number of carbonyl (C=O) groups excluding carboxylic acids is 1. The van der Waals surface area contributed by atoms with Gasteiger partial charge < -0.3 is 18.9 Å². The van der Waals surface area contributed by atoms with Gasteiger partial charge in [0.25, 0.3) is 5.91 Å². The first kappa shape index (κ1) is 27.9. The number of benzene rings is 2. The van der Waals surface area contributed by atoms with Crippen molar-refractivity contribution in [3.8, 4) is 22.6 Å². The number of aryl methyl sites for hydroxylation is 2. The number of nitrogens with zero attached hydrogens (tertiary/aromatic N) is 5. The zero-order valence-electron chi connectivity index (χ0n) is 23.7. The van der Waals surface area contributed by atoms with Gasteiger partial charge in [-0.3, -0.25) is 9.48 Å². The topological polar surface area (TPSA) is 74.4 Å². The van der Waals surface area contributed by atoms with Gasteiger partial charge in [0.1, 0.15) is 17.3 Å². The second kappa shape index (κ2) is 10.8. The van der Waals surface area contributed by atoms with Crippen LogP contribution in [0.2, 0.25) is 0 Å². The summed E-state index contributed by atoms with van der Waals surface area (Å²) in [5.41, 5.74) is 2.05. The standard InChI is InChI=1S/C31H32F3N5O3/c1-4-38-18-26(29(36-38)31(32,33)34)23-14-20(17-37-12-10-35-19(37)2)15-24-22(23)9-11-39(30(24)40)27-6-5-13-42-28-8-7-21(41-3)16-25(27)28/h7-8,10,12,14-16,18,27H,4-6,9,11,13,17H2,1-3H3/t27-/m0/s1. The Hall–Kier alpha value is -4.28. The molecular weight excluding hydrogens is 547 g/mol. The molecule has 0 saturated carbocycles. The molecule has 0 fully saturated rings. The summed E-state index contributed by atoms with van der Waals surface area (Å²) >= 11 is 0. The predicted octanol–water partition coefficient (Wildman–Crippen LogP) is 6.06. The van der Waals surface area contributed by atoms with Gasteiger partial charge in [0.2, 0.25) is 0 Å². The number of halogens is 3. The van der Waals surface area contributed by atoms with Gasteiger partial charge in [-0.1, -0.05) is 0 Å². The number of aromatic nitrogens is 4. The van der Waals surface area contributed by atoms with E-state index >= 15 is 0 Å². The first-order valence-electron chi connectivity index (χ1n) is 14.1. The van der Waals surface area contributed by atoms with Crippen LogP contribution in [0.15, 0.2) is 48.9 Å². The monoisotopic (exact) mass is 579 g/mol. The Morgan fingerprint density at radius 2 is 1.95 bits per heavy atom. The summed E-state index contributed by atoms with van der Waals surface area (Å²) in [5, 5.41) is 3.86. The maximum atomic E-state index is 14.3. The van der Waals surface area contributed by atoms with Gasteiger partial charge in [0, 0.05) is 54.9 Å². The summed E-state index contributed by atoms with van der Waals surface area (Å²) in [5.74, 6) is 1.94. The van der Waals surface area contributed by atoms with Crippen molar-refractivity contribution in [2.75, 3.05) is 20.3 Å². The van der Waals surface area contributed by atoms with Crippen LogP contribution in [0.4, 0.5) is 13.2 Å². The maximum absolute atomic E-state index is 14.3. The van der Waals surface area contributed by atoms with Crippen molar-refractivity contribution in [1.29, 1.82) is 0 Å². The molecule has 11 heteroatoms. The van der Waals surface area contributed by atoms with Crippen LogP contribution in [0.5, 0.6) is 11.5 Å². The van der Waals surface area contributed by atoms with Gasteiger partial charge in [0.15, 0.2) is 5.69 Å². The van der Waals surface area contributed by atoms with Gasteiger partial charge in [-0.05, 0) is 80.1 Å². The minimum absolute atomic E-state index is 0.0102. The lowest BCUT2D eigenvalue weighted by atomic mass is 9.86. The summed E-state index contributed by atoms with van der Waals surface area (Å²) in [7, 11) is 1.59. The molecule has 2 aliphatic rings.